The van der Waals surface area contributed by atoms with Crippen LogP contribution in [-0.4, -0.2) is 18.4 Å². The van der Waals surface area contributed by atoms with Crippen molar-refractivity contribution >= 4 is 23.4 Å². The highest BCUT2D eigenvalue weighted by atomic mass is 35.5. The highest BCUT2D eigenvalue weighted by Gasteiger charge is 2.20. The largest absolute Gasteiger partial charge is 0.355 e. The smallest absolute Gasteiger partial charge is 0.225 e. The third kappa shape index (κ3) is 5.76. The fourth-order valence-corrected chi connectivity index (χ4v) is 2.07. The fourth-order valence-electron chi connectivity index (χ4n) is 1.77. The van der Waals surface area contributed by atoms with E-state index in [-0.39, 0.29) is 24.3 Å². The van der Waals surface area contributed by atoms with Crippen LogP contribution in [0.5, 0.6) is 0 Å². The van der Waals surface area contributed by atoms with Gasteiger partial charge in [0.05, 0.1) is 6.04 Å². The predicted octanol–water partition coefficient (Wildman–Crippen LogP) is 3.07. The van der Waals surface area contributed by atoms with Crippen molar-refractivity contribution < 1.29 is 9.59 Å². The number of carbonyl (C=O) groups excluding carboxylic acids is 2. The van der Waals surface area contributed by atoms with Crippen molar-refractivity contribution in [3.05, 3.63) is 34.9 Å². The molecule has 116 valence electrons. The molecular weight excluding hydrogens is 288 g/mol. The molecule has 0 radical (unpaired) electrons. The van der Waals surface area contributed by atoms with Crippen LogP contribution in [0.3, 0.4) is 0 Å². The SMILES string of the molecule is CC(NC(=O)CCNC(=O)C(C)(C)C)c1ccccc1Cl. The lowest BCUT2D eigenvalue weighted by Crippen LogP contribution is -2.37. The molecule has 4 nitrogen and oxygen atoms in total. The zero-order valence-electron chi connectivity index (χ0n) is 13.0. The summed E-state index contributed by atoms with van der Waals surface area (Å²) in [4.78, 5) is 23.5. The molecule has 0 fully saturated rings. The average molecular weight is 311 g/mol. The first-order valence-corrected chi connectivity index (χ1v) is 7.41. The molecule has 1 aromatic rings. The monoisotopic (exact) mass is 310 g/mol. The summed E-state index contributed by atoms with van der Waals surface area (Å²) in [7, 11) is 0. The highest BCUT2D eigenvalue weighted by Crippen LogP contribution is 2.22. The summed E-state index contributed by atoms with van der Waals surface area (Å²) in [5, 5.41) is 6.26. The molecule has 0 aliphatic heterocycles. The molecule has 1 atom stereocenters. The maximum atomic E-state index is 11.9. The zero-order valence-corrected chi connectivity index (χ0v) is 13.8. The van der Waals surface area contributed by atoms with E-state index >= 15 is 0 Å². The van der Waals surface area contributed by atoms with E-state index in [4.69, 9.17) is 11.6 Å². The standard InChI is InChI=1S/C16H23ClN2O2/c1-11(12-7-5-6-8-13(12)17)19-14(20)9-10-18-15(21)16(2,3)4/h5-8,11H,9-10H2,1-4H3,(H,18,21)(H,19,20). The Morgan fingerprint density at radius 2 is 1.86 bits per heavy atom. The van der Waals surface area contributed by atoms with Gasteiger partial charge in [0.2, 0.25) is 11.8 Å². The van der Waals surface area contributed by atoms with Crippen LogP contribution in [0.1, 0.15) is 45.7 Å². The molecule has 2 N–H and O–H groups in total. The Balaban J connectivity index is 2.41. The number of amides is 2. The molecule has 0 aliphatic carbocycles. The van der Waals surface area contributed by atoms with Crippen molar-refractivity contribution in [3.63, 3.8) is 0 Å². The molecule has 0 heterocycles. The number of rotatable bonds is 5. The van der Waals surface area contributed by atoms with Crippen LogP contribution in [0, 0.1) is 5.41 Å². The van der Waals surface area contributed by atoms with Gasteiger partial charge in [0.25, 0.3) is 0 Å². The second-order valence-corrected chi connectivity index (χ2v) is 6.47. The van der Waals surface area contributed by atoms with Gasteiger partial charge < -0.3 is 10.6 Å². The maximum absolute atomic E-state index is 11.9. The molecule has 0 bridgehead atoms. The van der Waals surface area contributed by atoms with Crippen molar-refractivity contribution in [1.82, 2.24) is 10.6 Å². The lowest BCUT2D eigenvalue weighted by atomic mass is 9.96. The van der Waals surface area contributed by atoms with E-state index in [9.17, 15) is 9.59 Å². The fraction of sp³-hybridized carbons (Fsp3) is 0.500. The number of hydrogen-bond donors (Lipinski definition) is 2. The van der Waals surface area contributed by atoms with Crippen molar-refractivity contribution in [2.24, 2.45) is 5.41 Å². The Hall–Kier alpha value is -1.55. The quantitative estimate of drug-likeness (QED) is 0.878. The van der Waals surface area contributed by atoms with Crippen molar-refractivity contribution in [2.75, 3.05) is 6.54 Å². The number of carbonyl (C=O) groups is 2. The minimum Gasteiger partial charge on any atom is -0.355 e. The Morgan fingerprint density at radius 3 is 2.43 bits per heavy atom. The first kappa shape index (κ1) is 17.5. The van der Waals surface area contributed by atoms with E-state index in [1.54, 1.807) is 6.07 Å². The molecule has 0 spiro atoms. The number of hydrogen-bond acceptors (Lipinski definition) is 2. The Morgan fingerprint density at radius 1 is 1.24 bits per heavy atom. The van der Waals surface area contributed by atoms with Gasteiger partial charge in [-0.05, 0) is 18.6 Å². The molecule has 0 aromatic heterocycles. The summed E-state index contributed by atoms with van der Waals surface area (Å²) in [5.41, 5.74) is 0.438. The molecule has 0 saturated carbocycles. The van der Waals surface area contributed by atoms with Crippen LogP contribution < -0.4 is 10.6 Å². The summed E-state index contributed by atoms with van der Waals surface area (Å²) in [6.07, 6.45) is 0.247. The van der Waals surface area contributed by atoms with E-state index in [1.165, 1.54) is 0 Å². The molecule has 5 heteroatoms. The summed E-state index contributed by atoms with van der Waals surface area (Å²) >= 11 is 6.09. The van der Waals surface area contributed by atoms with E-state index in [0.29, 0.717) is 11.6 Å². The normalized spacial score (nSPS) is 12.6. The summed E-state index contributed by atoms with van der Waals surface area (Å²) < 4.78 is 0. The Bertz CT molecular complexity index is 509. The van der Waals surface area contributed by atoms with Gasteiger partial charge in [0, 0.05) is 23.4 Å². The van der Waals surface area contributed by atoms with Gasteiger partial charge in [0.1, 0.15) is 0 Å². The van der Waals surface area contributed by atoms with Crippen molar-refractivity contribution in [3.8, 4) is 0 Å². The first-order chi connectivity index (χ1) is 9.71. The van der Waals surface area contributed by atoms with Gasteiger partial charge in [0.15, 0.2) is 0 Å². The molecule has 1 aromatic carbocycles. The average Bonchev–Trinajstić information content (AvgIpc) is 2.37. The lowest BCUT2D eigenvalue weighted by Gasteiger charge is -2.18. The number of benzene rings is 1. The zero-order chi connectivity index (χ0) is 16.0. The van der Waals surface area contributed by atoms with Gasteiger partial charge >= 0.3 is 0 Å². The van der Waals surface area contributed by atoms with E-state index in [0.717, 1.165) is 5.56 Å². The predicted molar refractivity (Wildman–Crippen MR) is 85.1 cm³/mol. The molecular formula is C16H23ClN2O2. The van der Waals surface area contributed by atoms with Gasteiger partial charge in [-0.3, -0.25) is 9.59 Å². The lowest BCUT2D eigenvalue weighted by molar-refractivity contribution is -0.128. The molecule has 1 rings (SSSR count). The van der Waals surface area contributed by atoms with Gasteiger partial charge in [-0.1, -0.05) is 50.6 Å². The van der Waals surface area contributed by atoms with E-state index in [2.05, 4.69) is 10.6 Å². The number of nitrogens with one attached hydrogen (secondary N) is 2. The summed E-state index contributed by atoms with van der Waals surface area (Å²) in [6, 6.07) is 7.25. The maximum Gasteiger partial charge on any atom is 0.225 e. The molecule has 0 saturated heterocycles. The highest BCUT2D eigenvalue weighted by molar-refractivity contribution is 6.31. The summed E-state index contributed by atoms with van der Waals surface area (Å²) in [5.74, 6) is -0.175. The van der Waals surface area contributed by atoms with Gasteiger partial charge in [-0.25, -0.2) is 0 Å². The van der Waals surface area contributed by atoms with Crippen LogP contribution >= 0.6 is 11.6 Å². The van der Waals surface area contributed by atoms with Crippen LogP contribution in [0.4, 0.5) is 0 Å². The Labute approximate surface area is 131 Å². The van der Waals surface area contributed by atoms with Crippen molar-refractivity contribution in [2.45, 2.75) is 40.2 Å². The van der Waals surface area contributed by atoms with Gasteiger partial charge in [-0.15, -0.1) is 0 Å². The number of halogens is 1. The second kappa shape index (κ2) is 7.46. The van der Waals surface area contributed by atoms with E-state index in [1.807, 2.05) is 45.9 Å². The minimum absolute atomic E-state index is 0.0607. The Kier molecular flexibility index (Phi) is 6.21. The van der Waals surface area contributed by atoms with E-state index < -0.39 is 5.41 Å². The summed E-state index contributed by atoms with van der Waals surface area (Å²) in [6.45, 7) is 7.72. The van der Waals surface area contributed by atoms with Gasteiger partial charge in [-0.2, -0.15) is 0 Å². The second-order valence-electron chi connectivity index (χ2n) is 6.07. The topological polar surface area (TPSA) is 58.2 Å². The van der Waals surface area contributed by atoms with Crippen LogP contribution in [0.2, 0.25) is 5.02 Å². The first-order valence-electron chi connectivity index (χ1n) is 7.04. The molecule has 0 aliphatic rings. The minimum atomic E-state index is -0.443. The van der Waals surface area contributed by atoms with Crippen molar-refractivity contribution in [1.29, 1.82) is 0 Å². The van der Waals surface area contributed by atoms with Crippen LogP contribution in [0.25, 0.3) is 0 Å². The van der Waals surface area contributed by atoms with Crippen LogP contribution in [-0.2, 0) is 9.59 Å². The molecule has 21 heavy (non-hydrogen) atoms. The van der Waals surface area contributed by atoms with Crippen LogP contribution in [0.15, 0.2) is 24.3 Å². The molecule has 2 amide bonds. The third-order valence-corrected chi connectivity index (χ3v) is 3.41. The third-order valence-electron chi connectivity index (χ3n) is 3.07. The molecule has 1 unspecified atom stereocenters.